The molecule has 0 radical (unpaired) electrons. The van der Waals surface area contributed by atoms with Crippen molar-refractivity contribution in [2.45, 2.75) is 38.5 Å². The smallest absolute Gasteiger partial charge is 0.256 e. The van der Waals surface area contributed by atoms with Crippen LogP contribution in [0.5, 0.6) is 5.88 Å². The molecule has 4 aromatic rings. The number of likely N-dealkylation sites (tertiary alicyclic amines) is 1. The number of alkyl halides is 3. The molecule has 0 spiro atoms. The maximum Gasteiger partial charge on any atom is 0.256 e. The number of rotatable bonds is 9. The third-order valence-corrected chi connectivity index (χ3v) is 6.91. The Balaban J connectivity index is 1.51. The van der Waals surface area contributed by atoms with E-state index in [4.69, 9.17) is 9.47 Å². The monoisotopic (exact) mass is 553 g/mol. The van der Waals surface area contributed by atoms with Crippen molar-refractivity contribution in [1.82, 2.24) is 29.0 Å². The Kier molecular flexibility index (Phi) is 7.58. The van der Waals surface area contributed by atoms with Crippen molar-refractivity contribution in [2.24, 2.45) is 0 Å². The quantitative estimate of drug-likeness (QED) is 0.313. The van der Waals surface area contributed by atoms with Gasteiger partial charge in [-0.05, 0) is 31.0 Å². The van der Waals surface area contributed by atoms with Crippen molar-refractivity contribution >= 4 is 22.5 Å². The first kappa shape index (κ1) is 27.1. The Bertz CT molecular complexity index is 1490. The highest BCUT2D eigenvalue weighted by molar-refractivity contribution is 5.90. The zero-order chi connectivity index (χ0) is 27.8. The first-order valence-corrected chi connectivity index (χ1v) is 12.4. The number of hydrogen-bond donors (Lipinski definition) is 1. The number of imidazole rings is 1. The zero-order valence-electron chi connectivity index (χ0n) is 21.6. The van der Waals surface area contributed by atoms with E-state index in [9.17, 15) is 13.2 Å². The lowest BCUT2D eigenvalue weighted by molar-refractivity contribution is 0.0918. The molecule has 1 fully saturated rings. The molecule has 1 aliphatic heterocycles. The lowest BCUT2D eigenvalue weighted by atomic mass is 10.0. The number of piperidine rings is 1. The van der Waals surface area contributed by atoms with Crippen LogP contribution in [0, 0.1) is 18.6 Å². The molecule has 3 aromatic heterocycles. The van der Waals surface area contributed by atoms with E-state index in [2.05, 4.69) is 20.4 Å². The Hall–Kier alpha value is -3.52. The highest BCUT2D eigenvalue weighted by atomic mass is 19.3. The summed E-state index contributed by atoms with van der Waals surface area (Å²) in [6, 6.07) is 1.91. The molecule has 4 heterocycles. The van der Waals surface area contributed by atoms with E-state index in [1.54, 1.807) is 7.11 Å². The summed E-state index contributed by atoms with van der Waals surface area (Å²) in [5.74, 6) is -1.34. The number of aromatic nitrogens is 5. The number of anilines is 1. The number of fused-ring (bicyclic) bond motifs is 2. The van der Waals surface area contributed by atoms with Gasteiger partial charge in [-0.2, -0.15) is 4.98 Å². The standard InChI is InChI=1S/C25H28F5N7O2/c1-13-31-22-15(26)8-14(9-19(22)36(13)12-20(29)30)21-17(28)11-37-23(21)24(39-3)33-25(34-37)32-18-4-5-35(6-7-38-2)10-16(18)27/h8-9,11,16,18,20H,4-7,10,12H2,1-3H3,(H,32,34)/t16-,18-/m0/s1. The highest BCUT2D eigenvalue weighted by Gasteiger charge is 2.30. The van der Waals surface area contributed by atoms with Gasteiger partial charge in [0.15, 0.2) is 11.6 Å². The van der Waals surface area contributed by atoms with E-state index in [0.717, 1.165) is 12.3 Å². The third-order valence-electron chi connectivity index (χ3n) is 6.91. The van der Waals surface area contributed by atoms with Gasteiger partial charge in [-0.15, -0.1) is 5.10 Å². The first-order chi connectivity index (χ1) is 18.7. The topological polar surface area (TPSA) is 81.7 Å². The second kappa shape index (κ2) is 10.9. The third kappa shape index (κ3) is 5.22. The van der Waals surface area contributed by atoms with Gasteiger partial charge in [-0.3, -0.25) is 4.90 Å². The number of hydrogen-bond acceptors (Lipinski definition) is 7. The van der Waals surface area contributed by atoms with Crippen LogP contribution in [-0.4, -0.2) is 88.1 Å². The summed E-state index contributed by atoms with van der Waals surface area (Å²) >= 11 is 0. The van der Waals surface area contributed by atoms with Crippen LogP contribution in [0.25, 0.3) is 27.7 Å². The van der Waals surface area contributed by atoms with E-state index in [0.29, 0.717) is 26.1 Å². The van der Waals surface area contributed by atoms with Crippen molar-refractivity contribution in [2.75, 3.05) is 45.8 Å². The van der Waals surface area contributed by atoms with Crippen LogP contribution >= 0.6 is 0 Å². The molecule has 14 heteroatoms. The largest absolute Gasteiger partial charge is 0.479 e. The predicted molar refractivity (Wildman–Crippen MR) is 134 cm³/mol. The summed E-state index contributed by atoms with van der Waals surface area (Å²) in [7, 11) is 2.92. The SMILES string of the molecule is COCCN1CC[C@H](Nc2nc(OC)c3c(-c4cc(F)c5nc(C)n(CC(F)F)c5c4)c(F)cn3n2)[C@@H](F)C1. The number of methoxy groups -OCH3 is 2. The molecule has 0 saturated carbocycles. The summed E-state index contributed by atoms with van der Waals surface area (Å²) in [4.78, 5) is 10.3. The van der Waals surface area contributed by atoms with Gasteiger partial charge in [0.05, 0.1) is 43.6 Å². The van der Waals surface area contributed by atoms with E-state index >= 15 is 8.78 Å². The summed E-state index contributed by atoms with van der Waals surface area (Å²) in [5.41, 5.74) is 0.110. The molecule has 2 atom stereocenters. The summed E-state index contributed by atoms with van der Waals surface area (Å²) < 4.78 is 84.5. The van der Waals surface area contributed by atoms with Gasteiger partial charge in [0.1, 0.15) is 23.0 Å². The van der Waals surface area contributed by atoms with Crippen molar-refractivity contribution in [3.05, 3.63) is 35.8 Å². The van der Waals surface area contributed by atoms with Crippen molar-refractivity contribution in [3.8, 4) is 17.0 Å². The molecule has 210 valence electrons. The van der Waals surface area contributed by atoms with Crippen molar-refractivity contribution in [1.29, 1.82) is 0 Å². The number of nitrogens with one attached hydrogen (secondary N) is 1. The van der Waals surface area contributed by atoms with Gasteiger partial charge in [-0.25, -0.2) is 31.5 Å². The lowest BCUT2D eigenvalue weighted by Crippen LogP contribution is -2.48. The van der Waals surface area contributed by atoms with E-state index < -0.39 is 36.8 Å². The Morgan fingerprint density at radius 2 is 1.95 bits per heavy atom. The summed E-state index contributed by atoms with van der Waals surface area (Å²) in [5, 5.41) is 7.28. The van der Waals surface area contributed by atoms with Gasteiger partial charge in [0.2, 0.25) is 11.8 Å². The lowest BCUT2D eigenvalue weighted by Gasteiger charge is -2.34. The molecule has 5 rings (SSSR count). The van der Waals surface area contributed by atoms with Gasteiger partial charge < -0.3 is 19.4 Å². The van der Waals surface area contributed by atoms with Gasteiger partial charge in [0, 0.05) is 26.7 Å². The molecule has 0 amide bonds. The van der Waals surface area contributed by atoms with Crippen LogP contribution in [0.15, 0.2) is 18.3 Å². The molecule has 39 heavy (non-hydrogen) atoms. The van der Waals surface area contributed by atoms with Crippen molar-refractivity contribution in [3.63, 3.8) is 0 Å². The van der Waals surface area contributed by atoms with Crippen LogP contribution in [0.4, 0.5) is 27.9 Å². The average Bonchev–Trinajstić information content (AvgIpc) is 3.39. The highest BCUT2D eigenvalue weighted by Crippen LogP contribution is 2.37. The number of ether oxygens (including phenoxy) is 2. The molecule has 0 aliphatic carbocycles. The molecule has 9 nitrogen and oxygen atoms in total. The minimum Gasteiger partial charge on any atom is -0.479 e. The van der Waals surface area contributed by atoms with Crippen LogP contribution in [0.1, 0.15) is 12.2 Å². The number of halogens is 5. The average molecular weight is 554 g/mol. The van der Waals surface area contributed by atoms with Gasteiger partial charge in [-0.1, -0.05) is 0 Å². The van der Waals surface area contributed by atoms with E-state index in [-0.39, 0.29) is 51.9 Å². The summed E-state index contributed by atoms with van der Waals surface area (Å²) in [6.45, 7) is 2.81. The number of nitrogens with zero attached hydrogens (tertiary/aromatic N) is 6. The normalized spacial score (nSPS) is 18.5. The Morgan fingerprint density at radius 3 is 2.64 bits per heavy atom. The molecule has 0 unspecified atom stereocenters. The molecule has 1 aliphatic rings. The minimum atomic E-state index is -2.69. The van der Waals surface area contributed by atoms with Crippen molar-refractivity contribution < 1.29 is 31.4 Å². The summed E-state index contributed by atoms with van der Waals surface area (Å²) in [6.07, 6.45) is -2.33. The van der Waals surface area contributed by atoms with Crippen LogP contribution in [0.3, 0.4) is 0 Å². The van der Waals surface area contributed by atoms with E-state index in [1.807, 2.05) is 4.90 Å². The van der Waals surface area contributed by atoms with Crippen LogP contribution < -0.4 is 10.1 Å². The van der Waals surface area contributed by atoms with Gasteiger partial charge in [0.25, 0.3) is 6.43 Å². The fourth-order valence-corrected chi connectivity index (χ4v) is 5.03. The first-order valence-electron chi connectivity index (χ1n) is 12.4. The molecular formula is C25H28F5N7O2. The maximum atomic E-state index is 15.3. The number of aryl methyl sites for hydroxylation is 1. The minimum absolute atomic E-state index is 0.0305. The second-order valence-corrected chi connectivity index (χ2v) is 9.43. The molecule has 0 bridgehead atoms. The molecular weight excluding hydrogens is 525 g/mol. The fraction of sp³-hybridized carbons (Fsp3) is 0.480. The van der Waals surface area contributed by atoms with Crippen LogP contribution in [-0.2, 0) is 11.3 Å². The fourth-order valence-electron chi connectivity index (χ4n) is 5.03. The van der Waals surface area contributed by atoms with E-state index in [1.165, 1.54) is 29.2 Å². The second-order valence-electron chi connectivity index (χ2n) is 9.43. The number of benzene rings is 1. The van der Waals surface area contributed by atoms with Gasteiger partial charge >= 0.3 is 0 Å². The molecule has 1 aromatic carbocycles. The zero-order valence-corrected chi connectivity index (χ0v) is 21.6. The predicted octanol–water partition coefficient (Wildman–Crippen LogP) is 4.08. The molecule has 1 saturated heterocycles. The molecule has 1 N–H and O–H groups in total. The Morgan fingerprint density at radius 1 is 1.15 bits per heavy atom. The van der Waals surface area contributed by atoms with Crippen LogP contribution in [0.2, 0.25) is 0 Å². The Labute approximate surface area is 220 Å². The maximum absolute atomic E-state index is 15.3.